The second-order valence-electron chi connectivity index (χ2n) is 7.08. The van der Waals surface area contributed by atoms with Crippen LogP contribution in [0.3, 0.4) is 0 Å². The van der Waals surface area contributed by atoms with Gasteiger partial charge in [-0.25, -0.2) is 4.98 Å². The molecule has 2 bridgehead atoms. The third kappa shape index (κ3) is 3.58. The molecule has 0 spiro atoms. The number of amides is 1. The molecule has 3 aliphatic heterocycles. The topological polar surface area (TPSA) is 78.8 Å². The van der Waals surface area contributed by atoms with Crippen LogP contribution in [0, 0.1) is 5.92 Å². The molecule has 4 heterocycles. The standard InChI is InChI=1S/C16H27N5O3S/c1-4-15-17-7-8-19(15)12-16(22)21-10-13-5-6-14(21)11-20(9-13)25(23,24)18(2)3/h7-8,13-14H,4-6,9-12H2,1-3H3/t13-,14+/m1/s1. The van der Waals surface area contributed by atoms with Crippen molar-refractivity contribution >= 4 is 16.1 Å². The van der Waals surface area contributed by atoms with Crippen LogP contribution in [-0.2, 0) is 28.0 Å². The van der Waals surface area contributed by atoms with Gasteiger partial charge in [0.2, 0.25) is 5.91 Å². The molecule has 0 aliphatic carbocycles. The van der Waals surface area contributed by atoms with Gasteiger partial charge in [0.25, 0.3) is 10.2 Å². The molecule has 0 unspecified atom stereocenters. The van der Waals surface area contributed by atoms with E-state index < -0.39 is 10.2 Å². The van der Waals surface area contributed by atoms with Crippen molar-refractivity contribution < 1.29 is 13.2 Å². The summed E-state index contributed by atoms with van der Waals surface area (Å²) >= 11 is 0. The molecule has 140 valence electrons. The molecule has 0 N–H and O–H groups in total. The number of aromatic nitrogens is 2. The number of carbonyl (C=O) groups excluding carboxylic acids is 1. The van der Waals surface area contributed by atoms with E-state index in [4.69, 9.17) is 0 Å². The minimum absolute atomic E-state index is 0.0467. The highest BCUT2D eigenvalue weighted by Crippen LogP contribution is 2.30. The normalized spacial score (nSPS) is 24.7. The lowest BCUT2D eigenvalue weighted by Gasteiger charge is -2.36. The highest BCUT2D eigenvalue weighted by atomic mass is 32.2. The van der Waals surface area contributed by atoms with E-state index in [1.165, 1.54) is 8.61 Å². The molecule has 2 atom stereocenters. The highest BCUT2D eigenvalue weighted by Gasteiger charge is 2.41. The van der Waals surface area contributed by atoms with Crippen LogP contribution in [0.25, 0.3) is 0 Å². The van der Waals surface area contributed by atoms with Crippen LogP contribution in [0.4, 0.5) is 0 Å². The number of fused-ring (bicyclic) bond motifs is 4. The maximum absolute atomic E-state index is 12.9. The Morgan fingerprint density at radius 1 is 1.28 bits per heavy atom. The van der Waals surface area contributed by atoms with E-state index >= 15 is 0 Å². The summed E-state index contributed by atoms with van der Waals surface area (Å²) in [5, 5.41) is 0. The fourth-order valence-electron chi connectivity index (χ4n) is 3.80. The smallest absolute Gasteiger partial charge is 0.281 e. The minimum Gasteiger partial charge on any atom is -0.337 e. The zero-order valence-electron chi connectivity index (χ0n) is 15.1. The number of rotatable bonds is 5. The van der Waals surface area contributed by atoms with Crippen LogP contribution in [0.15, 0.2) is 12.4 Å². The fraction of sp³-hybridized carbons (Fsp3) is 0.750. The number of aryl methyl sites for hydroxylation is 1. The first-order valence-corrected chi connectivity index (χ1v) is 10.2. The van der Waals surface area contributed by atoms with E-state index in [9.17, 15) is 13.2 Å². The first-order valence-electron chi connectivity index (χ1n) is 8.80. The van der Waals surface area contributed by atoms with E-state index in [0.29, 0.717) is 19.6 Å². The summed E-state index contributed by atoms with van der Waals surface area (Å²) in [7, 11) is -0.341. The summed E-state index contributed by atoms with van der Waals surface area (Å²) in [6.07, 6.45) is 6.16. The van der Waals surface area contributed by atoms with E-state index in [0.717, 1.165) is 25.1 Å². The Morgan fingerprint density at radius 3 is 2.72 bits per heavy atom. The van der Waals surface area contributed by atoms with Crippen molar-refractivity contribution in [3.63, 3.8) is 0 Å². The summed E-state index contributed by atoms with van der Waals surface area (Å²) in [6.45, 7) is 3.80. The van der Waals surface area contributed by atoms with Crippen molar-refractivity contribution in [2.75, 3.05) is 33.7 Å². The Balaban J connectivity index is 1.75. The number of nitrogens with zero attached hydrogens (tertiary/aromatic N) is 5. The molecular weight excluding hydrogens is 342 g/mol. The van der Waals surface area contributed by atoms with Gasteiger partial charge in [-0.2, -0.15) is 17.0 Å². The van der Waals surface area contributed by atoms with E-state index in [1.54, 1.807) is 20.3 Å². The van der Waals surface area contributed by atoms with Gasteiger partial charge in [0.15, 0.2) is 0 Å². The Labute approximate surface area is 149 Å². The second-order valence-corrected chi connectivity index (χ2v) is 9.22. The highest BCUT2D eigenvalue weighted by molar-refractivity contribution is 7.86. The summed E-state index contributed by atoms with van der Waals surface area (Å²) in [6, 6.07) is -0.0467. The molecule has 0 aromatic carbocycles. The van der Waals surface area contributed by atoms with E-state index in [2.05, 4.69) is 4.98 Å². The zero-order valence-corrected chi connectivity index (χ0v) is 15.9. The Kier molecular flexibility index (Phi) is 5.17. The van der Waals surface area contributed by atoms with Crippen molar-refractivity contribution in [2.45, 2.75) is 38.8 Å². The Morgan fingerprint density at radius 2 is 2.04 bits per heavy atom. The van der Waals surface area contributed by atoms with E-state index in [1.807, 2.05) is 22.6 Å². The van der Waals surface area contributed by atoms with Gasteiger partial charge in [-0.15, -0.1) is 0 Å². The quantitative estimate of drug-likeness (QED) is 0.741. The van der Waals surface area contributed by atoms with Crippen LogP contribution < -0.4 is 0 Å². The molecule has 1 aromatic rings. The lowest BCUT2D eigenvalue weighted by atomic mass is 9.95. The lowest BCUT2D eigenvalue weighted by Crippen LogP contribution is -2.49. The largest absolute Gasteiger partial charge is 0.337 e. The molecule has 1 amide bonds. The number of piperidine rings is 1. The number of carbonyl (C=O) groups is 1. The van der Waals surface area contributed by atoms with Gasteiger partial charge in [-0.1, -0.05) is 6.92 Å². The monoisotopic (exact) mass is 369 g/mol. The minimum atomic E-state index is -3.45. The molecule has 3 fully saturated rings. The molecule has 8 nitrogen and oxygen atoms in total. The van der Waals surface area contributed by atoms with Crippen LogP contribution in [0.5, 0.6) is 0 Å². The predicted octanol–water partition coefficient (Wildman–Crippen LogP) is 0.175. The van der Waals surface area contributed by atoms with Crippen molar-refractivity contribution in [3.05, 3.63) is 18.2 Å². The van der Waals surface area contributed by atoms with Crippen LogP contribution in [0.1, 0.15) is 25.6 Å². The molecule has 3 aliphatic rings. The fourth-order valence-corrected chi connectivity index (χ4v) is 5.02. The SMILES string of the molecule is CCc1nccn1CC(=O)N1C[C@@H]2CC[C@H]1CN(S(=O)(=O)N(C)C)C2. The summed E-state index contributed by atoms with van der Waals surface area (Å²) in [5.74, 6) is 1.14. The third-order valence-electron chi connectivity index (χ3n) is 5.21. The third-order valence-corrected chi connectivity index (χ3v) is 7.09. The van der Waals surface area contributed by atoms with Gasteiger partial charge in [-0.05, 0) is 18.8 Å². The maximum Gasteiger partial charge on any atom is 0.281 e. The van der Waals surface area contributed by atoms with Crippen molar-refractivity contribution in [1.82, 2.24) is 23.1 Å². The summed E-state index contributed by atoms with van der Waals surface area (Å²) in [4.78, 5) is 19.0. The molecule has 0 saturated carbocycles. The van der Waals surface area contributed by atoms with Gasteiger partial charge >= 0.3 is 0 Å². The van der Waals surface area contributed by atoms with Gasteiger partial charge in [0.1, 0.15) is 12.4 Å². The van der Waals surface area contributed by atoms with Crippen molar-refractivity contribution in [1.29, 1.82) is 0 Å². The van der Waals surface area contributed by atoms with Gasteiger partial charge < -0.3 is 9.47 Å². The lowest BCUT2D eigenvalue weighted by molar-refractivity contribution is -0.135. The molecular formula is C16H27N5O3S. The number of hydrogen-bond acceptors (Lipinski definition) is 4. The average Bonchev–Trinajstić information content (AvgIpc) is 2.80. The average molecular weight is 369 g/mol. The van der Waals surface area contributed by atoms with Crippen molar-refractivity contribution in [2.24, 2.45) is 5.92 Å². The first-order chi connectivity index (χ1) is 11.8. The van der Waals surface area contributed by atoms with Crippen LogP contribution >= 0.6 is 0 Å². The number of imidazole rings is 1. The number of hydrogen-bond donors (Lipinski definition) is 0. The molecule has 4 rings (SSSR count). The van der Waals surface area contributed by atoms with Gasteiger partial charge in [0.05, 0.1) is 0 Å². The molecule has 9 heteroatoms. The second kappa shape index (κ2) is 7.05. The summed E-state index contributed by atoms with van der Waals surface area (Å²) < 4.78 is 29.7. The molecule has 1 aromatic heterocycles. The van der Waals surface area contributed by atoms with Crippen LogP contribution in [-0.4, -0.2) is 77.2 Å². The predicted molar refractivity (Wildman–Crippen MR) is 94.0 cm³/mol. The zero-order chi connectivity index (χ0) is 18.2. The van der Waals surface area contributed by atoms with E-state index in [-0.39, 0.29) is 24.4 Å². The van der Waals surface area contributed by atoms with Gasteiger partial charge in [0, 0.05) is 58.6 Å². The van der Waals surface area contributed by atoms with Crippen molar-refractivity contribution in [3.8, 4) is 0 Å². The molecule has 3 saturated heterocycles. The Bertz CT molecular complexity index is 730. The molecule has 0 radical (unpaired) electrons. The maximum atomic E-state index is 12.9. The molecule has 25 heavy (non-hydrogen) atoms. The van der Waals surface area contributed by atoms with Gasteiger partial charge in [-0.3, -0.25) is 4.79 Å². The van der Waals surface area contributed by atoms with Crippen LogP contribution in [0.2, 0.25) is 0 Å². The summed E-state index contributed by atoms with van der Waals surface area (Å²) in [5.41, 5.74) is 0. The Hall–Kier alpha value is -1.45. The first kappa shape index (κ1) is 18.3.